The number of halogens is 3. The first-order chi connectivity index (χ1) is 8.90. The van der Waals surface area contributed by atoms with Gasteiger partial charge in [-0.25, -0.2) is 5.53 Å². The van der Waals surface area contributed by atoms with Gasteiger partial charge in [0.1, 0.15) is 5.75 Å². The average Bonchev–Trinajstić information content (AvgIpc) is 2.73. The van der Waals surface area contributed by atoms with Crippen molar-refractivity contribution in [3.63, 3.8) is 0 Å². The van der Waals surface area contributed by atoms with E-state index < -0.39 is 17.4 Å². The monoisotopic (exact) mass is 270 g/mol. The molecular formula is C11H9F3N4O. The van der Waals surface area contributed by atoms with Crippen LogP contribution in [0.3, 0.4) is 0 Å². The zero-order valence-electron chi connectivity index (χ0n) is 9.75. The van der Waals surface area contributed by atoms with Gasteiger partial charge in [-0.1, -0.05) is 0 Å². The van der Waals surface area contributed by atoms with Gasteiger partial charge in [-0.2, -0.15) is 18.3 Å². The summed E-state index contributed by atoms with van der Waals surface area (Å²) in [5, 5.41) is 9.21. The Hall–Kier alpha value is -2.38. The van der Waals surface area contributed by atoms with Gasteiger partial charge in [-0.15, -0.1) is 5.10 Å². The Balaban J connectivity index is 2.35. The second-order valence-electron chi connectivity index (χ2n) is 3.78. The lowest BCUT2D eigenvalue weighted by Crippen LogP contribution is -2.05. The van der Waals surface area contributed by atoms with E-state index in [4.69, 9.17) is 10.3 Å². The fourth-order valence-corrected chi connectivity index (χ4v) is 1.47. The normalized spacial score (nSPS) is 11.4. The van der Waals surface area contributed by atoms with Crippen LogP contribution in [-0.2, 0) is 6.18 Å². The molecule has 0 unspecified atom stereocenters. The number of aromatic nitrogens is 2. The van der Waals surface area contributed by atoms with E-state index in [0.29, 0.717) is 0 Å². The van der Waals surface area contributed by atoms with Crippen LogP contribution in [0.5, 0.6) is 11.6 Å². The highest BCUT2D eigenvalue weighted by molar-refractivity contribution is 5.51. The molecule has 2 rings (SSSR count). The van der Waals surface area contributed by atoms with E-state index in [1.807, 2.05) is 0 Å². The summed E-state index contributed by atoms with van der Waals surface area (Å²) >= 11 is 0. The number of nitrogens with one attached hydrogen (secondary N) is 2. The van der Waals surface area contributed by atoms with Gasteiger partial charge < -0.3 is 4.74 Å². The summed E-state index contributed by atoms with van der Waals surface area (Å²) in [6.45, 7) is 1.74. The maximum atomic E-state index is 12.7. The van der Waals surface area contributed by atoms with Crippen LogP contribution in [0.1, 0.15) is 11.3 Å². The van der Waals surface area contributed by atoms with Crippen molar-refractivity contribution in [1.82, 2.24) is 10.2 Å². The topological polar surface area (TPSA) is 74.1 Å². The van der Waals surface area contributed by atoms with Crippen LogP contribution < -0.4 is 4.74 Å². The molecule has 0 spiro atoms. The molecule has 0 aliphatic carbocycles. The molecule has 100 valence electrons. The summed E-state index contributed by atoms with van der Waals surface area (Å²) in [6, 6.07) is 4.71. The fraction of sp³-hybridized carbons (Fsp3) is 0.182. The zero-order valence-corrected chi connectivity index (χ0v) is 9.75. The minimum Gasteiger partial charge on any atom is -0.438 e. The Morgan fingerprint density at radius 3 is 2.58 bits per heavy atom. The quantitative estimate of drug-likeness (QED) is 0.820. The van der Waals surface area contributed by atoms with E-state index in [0.717, 1.165) is 17.8 Å². The maximum absolute atomic E-state index is 12.7. The standard InChI is InChI=1S/C11H9F3N4O/c1-6-4-10(18-17-6)19-7-2-3-9(16-15)8(5-7)11(12,13)14/h2-5,15H,1H3,(H,17,18). The molecule has 0 radical (unpaired) electrons. The molecule has 0 saturated carbocycles. The lowest BCUT2D eigenvalue weighted by molar-refractivity contribution is -0.137. The van der Waals surface area contributed by atoms with Gasteiger partial charge in [0.2, 0.25) is 5.88 Å². The van der Waals surface area contributed by atoms with Crippen LogP contribution >= 0.6 is 0 Å². The molecule has 0 fully saturated rings. The molecule has 0 amide bonds. The number of aromatic amines is 1. The highest BCUT2D eigenvalue weighted by Crippen LogP contribution is 2.39. The highest BCUT2D eigenvalue weighted by Gasteiger charge is 2.34. The first kappa shape index (κ1) is 13.1. The minimum atomic E-state index is -4.60. The molecule has 2 N–H and O–H groups in total. The predicted octanol–water partition coefficient (Wildman–Crippen LogP) is 4.19. The Morgan fingerprint density at radius 1 is 1.32 bits per heavy atom. The number of rotatable bonds is 3. The second-order valence-corrected chi connectivity index (χ2v) is 3.78. The number of ether oxygens (including phenoxy) is 1. The smallest absolute Gasteiger partial charge is 0.418 e. The molecule has 8 heteroatoms. The lowest BCUT2D eigenvalue weighted by atomic mass is 10.1. The van der Waals surface area contributed by atoms with Crippen LogP contribution in [0.4, 0.5) is 18.9 Å². The average molecular weight is 270 g/mol. The summed E-state index contributed by atoms with van der Waals surface area (Å²) in [7, 11) is 0. The maximum Gasteiger partial charge on any atom is 0.418 e. The third-order valence-corrected chi connectivity index (χ3v) is 2.30. The summed E-state index contributed by atoms with van der Waals surface area (Å²) in [6.07, 6.45) is -4.60. The van der Waals surface area contributed by atoms with Gasteiger partial charge in [-0.05, 0) is 25.1 Å². The van der Waals surface area contributed by atoms with Crippen molar-refractivity contribution in [3.8, 4) is 11.6 Å². The highest BCUT2D eigenvalue weighted by atomic mass is 19.4. The first-order valence-electron chi connectivity index (χ1n) is 5.19. The van der Waals surface area contributed by atoms with E-state index in [1.54, 1.807) is 13.0 Å². The van der Waals surface area contributed by atoms with Gasteiger partial charge in [0.05, 0.1) is 11.3 Å². The second kappa shape index (κ2) is 4.71. The molecule has 1 aromatic heterocycles. The zero-order chi connectivity index (χ0) is 14.0. The van der Waals surface area contributed by atoms with E-state index in [1.165, 1.54) is 6.07 Å². The van der Waals surface area contributed by atoms with E-state index in [2.05, 4.69) is 15.3 Å². The number of benzene rings is 1. The van der Waals surface area contributed by atoms with Crippen LogP contribution in [0.15, 0.2) is 29.4 Å². The van der Waals surface area contributed by atoms with Gasteiger partial charge in [0.25, 0.3) is 0 Å². The Bertz CT molecular complexity index is 606. The molecule has 0 bridgehead atoms. The van der Waals surface area contributed by atoms with Crippen molar-refractivity contribution in [2.45, 2.75) is 13.1 Å². The third kappa shape index (κ3) is 2.90. The largest absolute Gasteiger partial charge is 0.438 e. The van der Waals surface area contributed by atoms with Gasteiger partial charge in [0.15, 0.2) is 0 Å². The van der Waals surface area contributed by atoms with Gasteiger partial charge in [-0.3, -0.25) is 5.10 Å². The van der Waals surface area contributed by atoms with Gasteiger partial charge in [0, 0.05) is 11.8 Å². The van der Waals surface area contributed by atoms with Crippen LogP contribution in [-0.4, -0.2) is 10.2 Å². The van der Waals surface area contributed by atoms with Crippen LogP contribution in [0.25, 0.3) is 0 Å². The minimum absolute atomic E-state index is 0.0220. The summed E-state index contributed by atoms with van der Waals surface area (Å²) in [4.78, 5) is 0. The molecule has 0 aliphatic heterocycles. The first-order valence-corrected chi connectivity index (χ1v) is 5.19. The van der Waals surface area contributed by atoms with E-state index in [-0.39, 0.29) is 11.6 Å². The SMILES string of the molecule is Cc1cc(Oc2ccc(N=N)c(C(F)(F)F)c2)n[nH]1. The van der Waals surface area contributed by atoms with Crippen molar-refractivity contribution < 1.29 is 17.9 Å². The molecule has 1 heterocycles. The molecule has 0 aliphatic rings. The molecule has 2 aromatic rings. The summed E-state index contributed by atoms with van der Waals surface area (Å²) in [5.74, 6) is 0.146. The third-order valence-electron chi connectivity index (χ3n) is 2.30. The van der Waals surface area contributed by atoms with Crippen molar-refractivity contribution >= 4 is 5.69 Å². The Labute approximate surface area is 105 Å². The van der Waals surface area contributed by atoms with Crippen LogP contribution in [0, 0.1) is 12.5 Å². The fourth-order valence-electron chi connectivity index (χ4n) is 1.47. The Kier molecular flexibility index (Phi) is 3.24. The molecule has 5 nitrogen and oxygen atoms in total. The molecule has 0 saturated heterocycles. The van der Waals surface area contributed by atoms with E-state index >= 15 is 0 Å². The Morgan fingerprint density at radius 2 is 2.05 bits per heavy atom. The van der Waals surface area contributed by atoms with Crippen molar-refractivity contribution in [2.75, 3.05) is 0 Å². The predicted molar refractivity (Wildman–Crippen MR) is 59.7 cm³/mol. The number of aryl methyl sites for hydroxylation is 1. The molecule has 0 atom stereocenters. The van der Waals surface area contributed by atoms with Crippen molar-refractivity contribution in [3.05, 3.63) is 35.5 Å². The lowest BCUT2D eigenvalue weighted by Gasteiger charge is -2.10. The molecule has 1 aromatic carbocycles. The molecular weight excluding hydrogens is 261 g/mol. The molecule has 19 heavy (non-hydrogen) atoms. The summed E-state index contributed by atoms with van der Waals surface area (Å²) < 4.78 is 43.4. The number of hydrogen-bond donors (Lipinski definition) is 2. The number of alkyl halides is 3. The summed E-state index contributed by atoms with van der Waals surface area (Å²) in [5.41, 5.74) is 5.97. The number of H-pyrrole nitrogens is 1. The van der Waals surface area contributed by atoms with Crippen LogP contribution in [0.2, 0.25) is 0 Å². The number of hydrogen-bond acceptors (Lipinski definition) is 4. The van der Waals surface area contributed by atoms with Crippen molar-refractivity contribution in [2.24, 2.45) is 5.11 Å². The number of nitrogens with zero attached hydrogens (tertiary/aromatic N) is 2. The van der Waals surface area contributed by atoms with Crippen molar-refractivity contribution in [1.29, 1.82) is 5.53 Å². The van der Waals surface area contributed by atoms with E-state index in [9.17, 15) is 13.2 Å². The van der Waals surface area contributed by atoms with Gasteiger partial charge >= 0.3 is 6.18 Å².